The van der Waals surface area contributed by atoms with Crippen molar-refractivity contribution in [3.05, 3.63) is 65.8 Å². The summed E-state index contributed by atoms with van der Waals surface area (Å²) in [7, 11) is -3.53. The molecule has 0 bridgehead atoms. The van der Waals surface area contributed by atoms with Gasteiger partial charge in [0.15, 0.2) is 0 Å². The van der Waals surface area contributed by atoms with Crippen molar-refractivity contribution in [3.63, 3.8) is 0 Å². The average Bonchev–Trinajstić information content (AvgIpc) is 3.30. The Morgan fingerprint density at radius 1 is 1.11 bits per heavy atom. The van der Waals surface area contributed by atoms with Crippen molar-refractivity contribution in [2.24, 2.45) is 0 Å². The van der Waals surface area contributed by atoms with Crippen molar-refractivity contribution in [3.8, 4) is 11.1 Å². The standard InChI is InChI=1S/C20H21N3O3S/c1-14-20(15(2)26-22-14)16-10-11-18(21-13-16)19-9-6-12-23(19)27(24,25)17-7-4-3-5-8-17/h3-5,7-8,10-11,13,19H,6,9,12H2,1-2H3. The first-order valence-corrected chi connectivity index (χ1v) is 10.4. The zero-order valence-electron chi connectivity index (χ0n) is 15.3. The minimum atomic E-state index is -3.53. The molecule has 0 spiro atoms. The lowest BCUT2D eigenvalue weighted by molar-refractivity contribution is 0.390. The van der Waals surface area contributed by atoms with Crippen LogP contribution in [0.4, 0.5) is 0 Å². The summed E-state index contributed by atoms with van der Waals surface area (Å²) in [4.78, 5) is 4.90. The molecule has 1 saturated heterocycles. The molecule has 4 rings (SSSR count). The van der Waals surface area contributed by atoms with Gasteiger partial charge < -0.3 is 4.52 Å². The molecule has 2 aromatic heterocycles. The Morgan fingerprint density at radius 2 is 1.89 bits per heavy atom. The van der Waals surface area contributed by atoms with E-state index in [0.29, 0.717) is 11.4 Å². The highest BCUT2D eigenvalue weighted by Gasteiger charge is 2.36. The van der Waals surface area contributed by atoms with E-state index in [9.17, 15) is 8.42 Å². The van der Waals surface area contributed by atoms with Crippen molar-refractivity contribution in [1.82, 2.24) is 14.4 Å². The maximum atomic E-state index is 13.0. The monoisotopic (exact) mass is 383 g/mol. The third-order valence-electron chi connectivity index (χ3n) is 5.00. The molecule has 1 fully saturated rings. The lowest BCUT2D eigenvalue weighted by atomic mass is 10.0. The van der Waals surface area contributed by atoms with Crippen LogP contribution in [0.1, 0.15) is 36.0 Å². The summed E-state index contributed by atoms with van der Waals surface area (Å²) in [6.07, 6.45) is 3.36. The molecule has 0 aliphatic carbocycles. The van der Waals surface area contributed by atoms with Crippen LogP contribution in [0.25, 0.3) is 11.1 Å². The van der Waals surface area contributed by atoms with Gasteiger partial charge in [0.1, 0.15) is 5.76 Å². The smallest absolute Gasteiger partial charge is 0.243 e. The van der Waals surface area contributed by atoms with Crippen molar-refractivity contribution in [1.29, 1.82) is 0 Å². The molecule has 3 aromatic rings. The van der Waals surface area contributed by atoms with Crippen molar-refractivity contribution >= 4 is 10.0 Å². The number of aromatic nitrogens is 2. The fraction of sp³-hybridized carbons (Fsp3) is 0.300. The van der Waals surface area contributed by atoms with Gasteiger partial charge in [-0.2, -0.15) is 4.31 Å². The van der Waals surface area contributed by atoms with E-state index in [1.807, 2.05) is 32.0 Å². The number of hydrogen-bond acceptors (Lipinski definition) is 5. The van der Waals surface area contributed by atoms with Gasteiger partial charge in [0.2, 0.25) is 10.0 Å². The number of sulfonamides is 1. The van der Waals surface area contributed by atoms with E-state index in [4.69, 9.17) is 4.52 Å². The Balaban J connectivity index is 1.65. The van der Waals surface area contributed by atoms with Crippen molar-refractivity contribution in [2.75, 3.05) is 6.54 Å². The van der Waals surface area contributed by atoms with Gasteiger partial charge in [-0.25, -0.2) is 8.42 Å². The number of hydrogen-bond donors (Lipinski definition) is 0. The highest BCUT2D eigenvalue weighted by Crippen LogP contribution is 2.36. The highest BCUT2D eigenvalue weighted by molar-refractivity contribution is 7.89. The first kappa shape index (κ1) is 17.9. The third-order valence-corrected chi connectivity index (χ3v) is 6.93. The number of nitrogens with zero attached hydrogens (tertiary/aromatic N) is 3. The van der Waals surface area contributed by atoms with E-state index in [2.05, 4.69) is 10.1 Å². The summed E-state index contributed by atoms with van der Waals surface area (Å²) in [6, 6.07) is 12.2. The summed E-state index contributed by atoms with van der Waals surface area (Å²) in [5.41, 5.74) is 3.44. The van der Waals surface area contributed by atoms with Gasteiger partial charge in [-0.1, -0.05) is 29.4 Å². The number of aryl methyl sites for hydroxylation is 2. The molecule has 0 N–H and O–H groups in total. The van der Waals surface area contributed by atoms with Crippen LogP contribution in [0, 0.1) is 13.8 Å². The minimum absolute atomic E-state index is 0.242. The first-order valence-electron chi connectivity index (χ1n) is 8.94. The lowest BCUT2D eigenvalue weighted by Gasteiger charge is -2.23. The molecule has 1 aromatic carbocycles. The molecule has 6 nitrogen and oxygen atoms in total. The Hall–Kier alpha value is -2.51. The molecule has 1 atom stereocenters. The SMILES string of the molecule is Cc1noc(C)c1-c1ccc(C2CCCN2S(=O)(=O)c2ccccc2)nc1. The molecule has 27 heavy (non-hydrogen) atoms. The fourth-order valence-corrected chi connectivity index (χ4v) is 5.39. The highest BCUT2D eigenvalue weighted by atomic mass is 32.2. The molecule has 1 aliphatic heterocycles. The van der Waals surface area contributed by atoms with Gasteiger partial charge in [0, 0.05) is 23.9 Å². The van der Waals surface area contributed by atoms with Crippen molar-refractivity contribution < 1.29 is 12.9 Å². The Morgan fingerprint density at radius 3 is 2.52 bits per heavy atom. The lowest BCUT2D eigenvalue weighted by Crippen LogP contribution is -2.31. The maximum Gasteiger partial charge on any atom is 0.243 e. The molecule has 0 radical (unpaired) electrons. The third kappa shape index (κ3) is 3.17. The van der Waals surface area contributed by atoms with Crippen LogP contribution in [0.2, 0.25) is 0 Å². The first-order chi connectivity index (χ1) is 13.0. The van der Waals surface area contributed by atoms with Gasteiger partial charge in [-0.15, -0.1) is 0 Å². The predicted octanol–water partition coefficient (Wildman–Crippen LogP) is 3.88. The van der Waals surface area contributed by atoms with Crippen LogP contribution in [-0.4, -0.2) is 29.4 Å². The van der Waals surface area contributed by atoms with Gasteiger partial charge in [-0.3, -0.25) is 4.98 Å². The van der Waals surface area contributed by atoms with Crippen LogP contribution < -0.4 is 0 Å². The van der Waals surface area contributed by atoms with Gasteiger partial charge in [-0.05, 0) is 44.9 Å². The molecular formula is C20H21N3O3S. The number of benzene rings is 1. The van der Waals surface area contributed by atoms with Crippen LogP contribution in [0.5, 0.6) is 0 Å². The zero-order valence-corrected chi connectivity index (χ0v) is 16.1. The summed E-state index contributed by atoms with van der Waals surface area (Å²) in [6.45, 7) is 4.27. The molecule has 0 amide bonds. The molecule has 1 aliphatic rings. The van der Waals surface area contributed by atoms with E-state index >= 15 is 0 Å². The van der Waals surface area contributed by atoms with E-state index in [1.54, 1.807) is 34.8 Å². The van der Waals surface area contributed by atoms with Gasteiger partial charge in [0.25, 0.3) is 0 Å². The maximum absolute atomic E-state index is 13.0. The number of pyridine rings is 1. The van der Waals surface area contributed by atoms with E-state index in [1.165, 1.54) is 0 Å². The van der Waals surface area contributed by atoms with Gasteiger partial charge >= 0.3 is 0 Å². The molecule has 7 heteroatoms. The van der Waals surface area contributed by atoms with Crippen LogP contribution in [-0.2, 0) is 10.0 Å². The minimum Gasteiger partial charge on any atom is -0.361 e. The molecule has 140 valence electrons. The molecule has 0 saturated carbocycles. The number of rotatable bonds is 4. The fourth-order valence-electron chi connectivity index (χ4n) is 3.70. The van der Waals surface area contributed by atoms with E-state index in [-0.39, 0.29) is 6.04 Å². The molecule has 3 heterocycles. The summed E-state index contributed by atoms with van der Waals surface area (Å²) >= 11 is 0. The summed E-state index contributed by atoms with van der Waals surface area (Å²) < 4.78 is 32.9. The Labute approximate surface area is 158 Å². The second-order valence-electron chi connectivity index (χ2n) is 6.76. The topological polar surface area (TPSA) is 76.3 Å². The molecular weight excluding hydrogens is 362 g/mol. The molecule has 1 unspecified atom stereocenters. The Bertz CT molecular complexity index is 1020. The normalized spacial score (nSPS) is 18.1. The zero-order chi connectivity index (χ0) is 19.0. The van der Waals surface area contributed by atoms with Crippen LogP contribution >= 0.6 is 0 Å². The van der Waals surface area contributed by atoms with E-state index in [0.717, 1.165) is 41.1 Å². The quantitative estimate of drug-likeness (QED) is 0.683. The Kier molecular flexibility index (Phi) is 4.57. The predicted molar refractivity (Wildman–Crippen MR) is 102 cm³/mol. The average molecular weight is 383 g/mol. The summed E-state index contributed by atoms with van der Waals surface area (Å²) in [5, 5.41) is 3.98. The largest absolute Gasteiger partial charge is 0.361 e. The van der Waals surface area contributed by atoms with Crippen LogP contribution in [0.3, 0.4) is 0 Å². The van der Waals surface area contributed by atoms with Crippen LogP contribution in [0.15, 0.2) is 58.1 Å². The summed E-state index contributed by atoms with van der Waals surface area (Å²) in [5.74, 6) is 0.746. The second-order valence-corrected chi connectivity index (χ2v) is 8.65. The van der Waals surface area contributed by atoms with Gasteiger partial charge in [0.05, 0.1) is 22.3 Å². The van der Waals surface area contributed by atoms with Crippen molar-refractivity contribution in [2.45, 2.75) is 37.6 Å². The van der Waals surface area contributed by atoms with E-state index < -0.39 is 10.0 Å². The second kappa shape index (κ2) is 6.90.